The molecule has 1 aromatic rings. The highest BCUT2D eigenvalue weighted by Gasteiger charge is 2.01. The minimum Gasteiger partial charge on any atom is -0.329 e. The van der Waals surface area contributed by atoms with Crippen molar-refractivity contribution < 1.29 is 0 Å². The molecule has 2 nitrogen and oxygen atoms in total. The molecule has 0 atom stereocenters. The van der Waals surface area contributed by atoms with E-state index >= 15 is 0 Å². The van der Waals surface area contributed by atoms with Gasteiger partial charge in [-0.3, -0.25) is 0 Å². The lowest BCUT2D eigenvalue weighted by Gasteiger charge is -2.15. The maximum Gasteiger partial charge on any atom is 0.0438 e. The fourth-order valence-electron chi connectivity index (χ4n) is 1.34. The fourth-order valence-corrected chi connectivity index (χ4v) is 1.57. The monoisotopic (exact) mass is 212 g/mol. The van der Waals surface area contributed by atoms with Gasteiger partial charge in [-0.05, 0) is 25.1 Å². The van der Waals surface area contributed by atoms with Crippen molar-refractivity contribution in [2.45, 2.75) is 6.42 Å². The molecule has 0 fully saturated rings. The maximum atomic E-state index is 6.04. The van der Waals surface area contributed by atoms with E-state index in [2.05, 4.69) is 18.0 Å². The smallest absolute Gasteiger partial charge is 0.0438 e. The van der Waals surface area contributed by atoms with Crippen LogP contribution in [0.15, 0.2) is 24.3 Å². The van der Waals surface area contributed by atoms with Gasteiger partial charge in [0, 0.05) is 24.7 Å². The van der Waals surface area contributed by atoms with Gasteiger partial charge < -0.3 is 10.6 Å². The predicted molar refractivity (Wildman–Crippen MR) is 61.7 cm³/mol. The maximum absolute atomic E-state index is 6.04. The summed E-state index contributed by atoms with van der Waals surface area (Å²) >= 11 is 6.04. The van der Waals surface area contributed by atoms with Gasteiger partial charge in [-0.25, -0.2) is 0 Å². The standard InChI is InChI=1S/C11H17ClN2/c1-14(9-7-13)8-6-10-4-2-3-5-11(10)12/h2-5H,6-9,13H2,1H3. The Kier molecular flexibility index (Phi) is 4.94. The minimum absolute atomic E-state index is 0.707. The van der Waals surface area contributed by atoms with Crippen LogP contribution in [0.25, 0.3) is 0 Å². The molecule has 14 heavy (non-hydrogen) atoms. The van der Waals surface area contributed by atoms with Crippen LogP contribution < -0.4 is 5.73 Å². The van der Waals surface area contributed by atoms with E-state index in [4.69, 9.17) is 17.3 Å². The fraction of sp³-hybridized carbons (Fsp3) is 0.455. The van der Waals surface area contributed by atoms with Crippen molar-refractivity contribution in [1.29, 1.82) is 0 Å². The van der Waals surface area contributed by atoms with Gasteiger partial charge in [-0.2, -0.15) is 0 Å². The predicted octanol–water partition coefficient (Wildman–Crippen LogP) is 1.77. The van der Waals surface area contributed by atoms with Crippen molar-refractivity contribution in [2.24, 2.45) is 5.73 Å². The molecule has 0 radical (unpaired) electrons. The molecule has 0 aliphatic carbocycles. The van der Waals surface area contributed by atoms with Crippen molar-refractivity contribution in [3.8, 4) is 0 Å². The molecule has 0 bridgehead atoms. The molecule has 0 aliphatic rings. The highest BCUT2D eigenvalue weighted by molar-refractivity contribution is 6.31. The Morgan fingerprint density at radius 2 is 2.00 bits per heavy atom. The molecule has 0 aromatic heterocycles. The SMILES string of the molecule is CN(CCN)CCc1ccccc1Cl. The largest absolute Gasteiger partial charge is 0.329 e. The summed E-state index contributed by atoms with van der Waals surface area (Å²) in [6, 6.07) is 7.97. The normalized spacial score (nSPS) is 10.9. The number of hydrogen-bond donors (Lipinski definition) is 1. The quantitative estimate of drug-likeness (QED) is 0.806. The minimum atomic E-state index is 0.707. The summed E-state index contributed by atoms with van der Waals surface area (Å²) in [7, 11) is 2.07. The molecule has 0 aliphatic heterocycles. The van der Waals surface area contributed by atoms with E-state index in [0.29, 0.717) is 6.54 Å². The summed E-state index contributed by atoms with van der Waals surface area (Å²) in [5, 5.41) is 0.855. The van der Waals surface area contributed by atoms with E-state index in [1.165, 1.54) is 5.56 Å². The second-order valence-corrected chi connectivity index (χ2v) is 3.84. The lowest BCUT2D eigenvalue weighted by Crippen LogP contribution is -2.27. The topological polar surface area (TPSA) is 29.3 Å². The Balaban J connectivity index is 2.41. The van der Waals surface area contributed by atoms with Gasteiger partial charge in [0.05, 0.1) is 0 Å². The molecule has 0 spiro atoms. The zero-order valence-electron chi connectivity index (χ0n) is 8.54. The third kappa shape index (κ3) is 3.66. The van der Waals surface area contributed by atoms with Gasteiger partial charge >= 0.3 is 0 Å². The van der Waals surface area contributed by atoms with Crippen LogP contribution in [0, 0.1) is 0 Å². The number of rotatable bonds is 5. The molecule has 0 unspecified atom stereocenters. The molecule has 78 valence electrons. The molecule has 3 heteroatoms. The zero-order valence-corrected chi connectivity index (χ0v) is 9.30. The zero-order chi connectivity index (χ0) is 10.4. The third-order valence-electron chi connectivity index (χ3n) is 2.23. The average molecular weight is 213 g/mol. The number of nitrogens with two attached hydrogens (primary N) is 1. The van der Waals surface area contributed by atoms with E-state index in [9.17, 15) is 0 Å². The first-order valence-corrected chi connectivity index (χ1v) is 5.24. The van der Waals surface area contributed by atoms with Crippen molar-refractivity contribution in [3.05, 3.63) is 34.9 Å². The summed E-state index contributed by atoms with van der Waals surface area (Å²) < 4.78 is 0. The Morgan fingerprint density at radius 1 is 1.29 bits per heavy atom. The molecule has 0 amide bonds. The van der Waals surface area contributed by atoms with Crippen LogP contribution >= 0.6 is 11.6 Å². The summed E-state index contributed by atoms with van der Waals surface area (Å²) in [5.74, 6) is 0. The van der Waals surface area contributed by atoms with Gasteiger partial charge in [0.1, 0.15) is 0 Å². The lowest BCUT2D eigenvalue weighted by molar-refractivity contribution is 0.348. The number of likely N-dealkylation sites (N-methyl/N-ethyl adjacent to an activating group) is 1. The Bertz CT molecular complexity index is 276. The van der Waals surface area contributed by atoms with Crippen LogP contribution in [-0.4, -0.2) is 31.6 Å². The Hall–Kier alpha value is -0.570. The van der Waals surface area contributed by atoms with Crippen LogP contribution in [0.1, 0.15) is 5.56 Å². The van der Waals surface area contributed by atoms with Crippen LogP contribution in [0.2, 0.25) is 5.02 Å². The van der Waals surface area contributed by atoms with Gasteiger partial charge in [-0.1, -0.05) is 29.8 Å². The van der Waals surface area contributed by atoms with Crippen LogP contribution in [0.3, 0.4) is 0 Å². The third-order valence-corrected chi connectivity index (χ3v) is 2.60. The molecule has 0 saturated carbocycles. The number of benzene rings is 1. The van der Waals surface area contributed by atoms with E-state index in [1.54, 1.807) is 0 Å². The van der Waals surface area contributed by atoms with Gasteiger partial charge in [0.2, 0.25) is 0 Å². The van der Waals surface area contributed by atoms with Crippen LogP contribution in [0.5, 0.6) is 0 Å². The van der Waals surface area contributed by atoms with Gasteiger partial charge in [0.25, 0.3) is 0 Å². The first-order chi connectivity index (χ1) is 6.74. The summed E-state index contributed by atoms with van der Waals surface area (Å²) in [5.41, 5.74) is 6.67. The molecule has 1 rings (SSSR count). The van der Waals surface area contributed by atoms with Crippen molar-refractivity contribution in [2.75, 3.05) is 26.7 Å². The lowest BCUT2D eigenvalue weighted by atomic mass is 10.1. The Labute approximate surface area is 90.7 Å². The second-order valence-electron chi connectivity index (χ2n) is 3.43. The molecular weight excluding hydrogens is 196 g/mol. The summed E-state index contributed by atoms with van der Waals surface area (Å²) in [4.78, 5) is 2.21. The Morgan fingerprint density at radius 3 is 2.64 bits per heavy atom. The molecule has 0 saturated heterocycles. The van der Waals surface area contributed by atoms with E-state index in [-0.39, 0.29) is 0 Å². The molecule has 2 N–H and O–H groups in total. The summed E-state index contributed by atoms with van der Waals surface area (Å²) in [6.45, 7) is 2.64. The van der Waals surface area contributed by atoms with Gasteiger partial charge in [-0.15, -0.1) is 0 Å². The molecule has 1 aromatic carbocycles. The highest BCUT2D eigenvalue weighted by atomic mass is 35.5. The first kappa shape index (κ1) is 11.5. The summed E-state index contributed by atoms with van der Waals surface area (Å²) in [6.07, 6.45) is 0.982. The molecule has 0 heterocycles. The van der Waals surface area contributed by atoms with E-state index in [0.717, 1.165) is 24.5 Å². The average Bonchev–Trinajstić information content (AvgIpc) is 2.17. The first-order valence-electron chi connectivity index (χ1n) is 4.86. The van der Waals surface area contributed by atoms with Crippen molar-refractivity contribution >= 4 is 11.6 Å². The number of hydrogen-bond acceptors (Lipinski definition) is 2. The van der Waals surface area contributed by atoms with Crippen molar-refractivity contribution in [3.63, 3.8) is 0 Å². The van der Waals surface area contributed by atoms with Crippen molar-refractivity contribution in [1.82, 2.24) is 4.90 Å². The number of halogens is 1. The number of nitrogens with zero attached hydrogens (tertiary/aromatic N) is 1. The van der Waals surface area contributed by atoms with Crippen LogP contribution in [0.4, 0.5) is 0 Å². The van der Waals surface area contributed by atoms with E-state index < -0.39 is 0 Å². The van der Waals surface area contributed by atoms with E-state index in [1.807, 2.05) is 18.2 Å². The highest BCUT2D eigenvalue weighted by Crippen LogP contribution is 2.15. The second kappa shape index (κ2) is 6.02. The van der Waals surface area contributed by atoms with Crippen LogP contribution in [-0.2, 0) is 6.42 Å². The van der Waals surface area contributed by atoms with Gasteiger partial charge in [0.15, 0.2) is 0 Å². The molecular formula is C11H17ClN2.